The van der Waals surface area contributed by atoms with Gasteiger partial charge in [-0.05, 0) is 53.0 Å². The van der Waals surface area contributed by atoms with Crippen molar-refractivity contribution in [1.82, 2.24) is 5.32 Å². The third kappa shape index (κ3) is 5.44. The normalized spacial score (nSPS) is 10.1. The summed E-state index contributed by atoms with van der Waals surface area (Å²) in [6.07, 6.45) is 0. The van der Waals surface area contributed by atoms with E-state index in [2.05, 4.69) is 46.9 Å². The molecule has 1 aromatic rings. The molecule has 0 spiro atoms. The van der Waals surface area contributed by atoms with Gasteiger partial charge < -0.3 is 14.8 Å². The van der Waals surface area contributed by atoms with Crippen molar-refractivity contribution in [2.75, 3.05) is 20.3 Å². The molecule has 3 nitrogen and oxygen atoms in total. The Labute approximate surface area is 130 Å². The van der Waals surface area contributed by atoms with E-state index in [1.54, 1.807) is 14.0 Å². The maximum Gasteiger partial charge on any atom is 0.176 e. The molecule has 0 aliphatic carbocycles. The van der Waals surface area contributed by atoms with E-state index >= 15 is 0 Å². The van der Waals surface area contributed by atoms with Gasteiger partial charge in [-0.2, -0.15) is 0 Å². The molecule has 0 radical (unpaired) electrons. The molecule has 110 valence electrons. The molecular weight excluding hydrogens is 318 g/mol. The highest BCUT2D eigenvalue weighted by Gasteiger charge is 2.11. The van der Waals surface area contributed by atoms with Gasteiger partial charge >= 0.3 is 0 Å². The maximum atomic E-state index is 5.63. The van der Waals surface area contributed by atoms with Crippen LogP contribution in [0.4, 0.5) is 0 Å². The topological polar surface area (TPSA) is 30.5 Å². The van der Waals surface area contributed by atoms with Gasteiger partial charge in [-0.15, -0.1) is 5.92 Å². The molecule has 0 heterocycles. The van der Waals surface area contributed by atoms with E-state index in [-0.39, 0.29) is 0 Å². The Morgan fingerprint density at radius 2 is 2.10 bits per heavy atom. The summed E-state index contributed by atoms with van der Waals surface area (Å²) in [6.45, 7) is 8.33. The standard InChI is InChI=1S/C16H22BrNO2/c1-5-6-7-20-16-14(17)8-13(9-15(16)19-4)11-18-10-12(2)3/h8-9,12,18H,7,10-11H2,1-4H3. The summed E-state index contributed by atoms with van der Waals surface area (Å²) in [5, 5.41) is 3.41. The van der Waals surface area contributed by atoms with E-state index in [9.17, 15) is 0 Å². The second-order valence-electron chi connectivity index (χ2n) is 4.85. The Morgan fingerprint density at radius 3 is 2.70 bits per heavy atom. The van der Waals surface area contributed by atoms with Crippen molar-refractivity contribution in [3.05, 3.63) is 22.2 Å². The van der Waals surface area contributed by atoms with Gasteiger partial charge in [-0.1, -0.05) is 19.8 Å². The third-order valence-electron chi connectivity index (χ3n) is 2.64. The Hall–Kier alpha value is -1.18. The lowest BCUT2D eigenvalue weighted by Crippen LogP contribution is -2.19. The fraction of sp³-hybridized carbons (Fsp3) is 0.500. The van der Waals surface area contributed by atoms with Gasteiger partial charge in [0.25, 0.3) is 0 Å². The van der Waals surface area contributed by atoms with E-state index < -0.39 is 0 Å². The molecular formula is C16H22BrNO2. The van der Waals surface area contributed by atoms with Crippen molar-refractivity contribution >= 4 is 15.9 Å². The summed E-state index contributed by atoms with van der Waals surface area (Å²) in [5.74, 6) is 7.73. The predicted octanol–water partition coefficient (Wildman–Crippen LogP) is 3.61. The van der Waals surface area contributed by atoms with Crippen LogP contribution in [-0.4, -0.2) is 20.3 Å². The highest BCUT2D eigenvalue weighted by Crippen LogP contribution is 2.36. The molecule has 0 saturated heterocycles. The van der Waals surface area contributed by atoms with E-state index in [1.165, 1.54) is 0 Å². The lowest BCUT2D eigenvalue weighted by atomic mass is 10.2. The molecule has 0 aliphatic rings. The van der Waals surface area contributed by atoms with Crippen LogP contribution in [0, 0.1) is 17.8 Å². The number of methoxy groups -OCH3 is 1. The molecule has 0 unspecified atom stereocenters. The quantitative estimate of drug-likeness (QED) is 0.770. The molecule has 0 fully saturated rings. The lowest BCUT2D eigenvalue weighted by molar-refractivity contribution is 0.328. The van der Waals surface area contributed by atoms with Crippen molar-refractivity contribution in [3.63, 3.8) is 0 Å². The number of hydrogen-bond acceptors (Lipinski definition) is 3. The van der Waals surface area contributed by atoms with Crippen LogP contribution >= 0.6 is 15.9 Å². The molecule has 1 rings (SSSR count). The lowest BCUT2D eigenvalue weighted by Gasteiger charge is -2.14. The second kappa shape index (κ2) is 8.89. The van der Waals surface area contributed by atoms with Crippen LogP contribution in [0.1, 0.15) is 26.3 Å². The number of halogens is 1. The fourth-order valence-electron chi connectivity index (χ4n) is 1.70. The zero-order chi connectivity index (χ0) is 15.0. The van der Waals surface area contributed by atoms with Crippen LogP contribution in [0.3, 0.4) is 0 Å². The zero-order valence-electron chi connectivity index (χ0n) is 12.5. The monoisotopic (exact) mass is 339 g/mol. The minimum absolute atomic E-state index is 0.358. The predicted molar refractivity (Wildman–Crippen MR) is 86.2 cm³/mol. The number of benzene rings is 1. The van der Waals surface area contributed by atoms with Crippen LogP contribution in [0.5, 0.6) is 11.5 Å². The smallest absolute Gasteiger partial charge is 0.176 e. The Balaban J connectivity index is 2.80. The molecule has 0 aromatic heterocycles. The number of hydrogen-bond donors (Lipinski definition) is 1. The summed E-state index contributed by atoms with van der Waals surface area (Å²) in [7, 11) is 1.64. The molecule has 0 amide bonds. The molecule has 20 heavy (non-hydrogen) atoms. The summed E-state index contributed by atoms with van der Waals surface area (Å²) in [5.41, 5.74) is 1.16. The summed E-state index contributed by atoms with van der Waals surface area (Å²) in [4.78, 5) is 0. The summed E-state index contributed by atoms with van der Waals surface area (Å²) >= 11 is 3.53. The van der Waals surface area contributed by atoms with Crippen LogP contribution in [0.25, 0.3) is 0 Å². The minimum atomic E-state index is 0.358. The van der Waals surface area contributed by atoms with Gasteiger partial charge in [0.15, 0.2) is 11.5 Å². The van der Waals surface area contributed by atoms with Gasteiger partial charge in [0, 0.05) is 6.54 Å². The minimum Gasteiger partial charge on any atom is -0.493 e. The molecule has 0 bridgehead atoms. The van der Waals surface area contributed by atoms with E-state index in [1.807, 2.05) is 12.1 Å². The van der Waals surface area contributed by atoms with E-state index in [0.717, 1.165) is 28.9 Å². The van der Waals surface area contributed by atoms with Crippen LogP contribution < -0.4 is 14.8 Å². The van der Waals surface area contributed by atoms with Crippen molar-refractivity contribution < 1.29 is 9.47 Å². The van der Waals surface area contributed by atoms with Gasteiger partial charge in [-0.3, -0.25) is 0 Å². The molecule has 1 aromatic carbocycles. The number of nitrogens with one attached hydrogen (secondary N) is 1. The van der Waals surface area contributed by atoms with Gasteiger partial charge in [0.05, 0.1) is 11.6 Å². The van der Waals surface area contributed by atoms with Crippen LogP contribution in [0.2, 0.25) is 0 Å². The van der Waals surface area contributed by atoms with Crippen molar-refractivity contribution in [2.24, 2.45) is 5.92 Å². The molecule has 1 N–H and O–H groups in total. The second-order valence-corrected chi connectivity index (χ2v) is 5.70. The number of ether oxygens (including phenoxy) is 2. The first-order chi connectivity index (χ1) is 9.58. The van der Waals surface area contributed by atoms with Gasteiger partial charge in [-0.25, -0.2) is 0 Å². The maximum absolute atomic E-state index is 5.63. The summed E-state index contributed by atoms with van der Waals surface area (Å²) in [6, 6.07) is 4.04. The Kier molecular flexibility index (Phi) is 7.50. The molecule has 0 aliphatic heterocycles. The first-order valence-corrected chi connectivity index (χ1v) is 7.47. The Bertz CT molecular complexity index is 489. The third-order valence-corrected chi connectivity index (χ3v) is 3.23. The van der Waals surface area contributed by atoms with Gasteiger partial charge in [0.1, 0.15) is 6.61 Å². The van der Waals surface area contributed by atoms with Crippen molar-refractivity contribution in [2.45, 2.75) is 27.3 Å². The highest BCUT2D eigenvalue weighted by atomic mass is 79.9. The van der Waals surface area contributed by atoms with Crippen LogP contribution in [-0.2, 0) is 6.54 Å². The van der Waals surface area contributed by atoms with E-state index in [4.69, 9.17) is 9.47 Å². The Morgan fingerprint density at radius 1 is 1.35 bits per heavy atom. The average Bonchev–Trinajstić information content (AvgIpc) is 2.40. The first-order valence-electron chi connectivity index (χ1n) is 6.68. The average molecular weight is 340 g/mol. The summed E-state index contributed by atoms with van der Waals surface area (Å²) < 4.78 is 11.9. The molecule has 0 atom stereocenters. The van der Waals surface area contributed by atoms with Crippen LogP contribution in [0.15, 0.2) is 16.6 Å². The van der Waals surface area contributed by atoms with E-state index in [0.29, 0.717) is 18.3 Å². The van der Waals surface area contributed by atoms with Gasteiger partial charge in [0.2, 0.25) is 0 Å². The van der Waals surface area contributed by atoms with Crippen molar-refractivity contribution in [1.29, 1.82) is 0 Å². The first kappa shape index (κ1) is 16.9. The number of rotatable bonds is 7. The SMILES string of the molecule is CC#CCOc1c(Br)cc(CNCC(C)C)cc1OC. The molecule has 0 saturated carbocycles. The fourth-order valence-corrected chi connectivity index (χ4v) is 2.30. The van der Waals surface area contributed by atoms with Crippen molar-refractivity contribution in [3.8, 4) is 23.3 Å². The zero-order valence-corrected chi connectivity index (χ0v) is 14.1. The highest BCUT2D eigenvalue weighted by molar-refractivity contribution is 9.10. The largest absolute Gasteiger partial charge is 0.493 e. The molecule has 4 heteroatoms.